The topological polar surface area (TPSA) is 56.2 Å². The highest BCUT2D eigenvalue weighted by molar-refractivity contribution is 5.93. The number of unbranched alkanes of at least 4 members (excludes halogenated alkanes) is 1. The summed E-state index contributed by atoms with van der Waals surface area (Å²) < 4.78 is 6.08. The number of aromatic hydroxyl groups is 2. The fourth-order valence-corrected chi connectivity index (χ4v) is 5.89. The number of piperazine rings is 1. The van der Waals surface area contributed by atoms with Gasteiger partial charge in [-0.15, -0.1) is 0 Å². The van der Waals surface area contributed by atoms with Crippen LogP contribution in [0.25, 0.3) is 21.9 Å². The lowest BCUT2D eigenvalue weighted by Crippen LogP contribution is -2.46. The molecule has 0 aliphatic carbocycles. The molecule has 5 nitrogen and oxygen atoms in total. The second kappa shape index (κ2) is 13.0. The number of rotatable bonds is 10. The highest BCUT2D eigenvalue weighted by atomic mass is 16.5. The van der Waals surface area contributed by atoms with Crippen molar-refractivity contribution in [2.24, 2.45) is 0 Å². The first-order valence-electron chi connectivity index (χ1n) is 14.9. The van der Waals surface area contributed by atoms with Gasteiger partial charge in [0.25, 0.3) is 0 Å². The van der Waals surface area contributed by atoms with Crippen molar-refractivity contribution in [2.45, 2.75) is 19.3 Å². The zero-order valence-corrected chi connectivity index (χ0v) is 24.0. The molecular formula is C37H38N2O3. The smallest absolute Gasteiger partial charge is 0.119 e. The second-order valence-electron chi connectivity index (χ2n) is 11.1. The van der Waals surface area contributed by atoms with Crippen molar-refractivity contribution in [3.63, 3.8) is 0 Å². The van der Waals surface area contributed by atoms with E-state index in [0.29, 0.717) is 0 Å². The standard InChI is InChI=1S/C37H38N2O3/c40-32-13-10-29(11-14-32)35-18-12-30-27-33(41)15-19-36(30)37(35)26-28-8-16-34(17-9-28)42-25-5-4-20-38-21-23-39(24-22-38)31-6-2-1-3-7-31/h1-3,6-19,27,40-41H,4-5,20-26H2. The quantitative estimate of drug-likeness (QED) is 0.174. The molecule has 0 radical (unpaired) electrons. The number of benzene rings is 5. The highest BCUT2D eigenvalue weighted by Crippen LogP contribution is 2.34. The number of ether oxygens (including phenoxy) is 1. The molecule has 0 saturated carbocycles. The number of phenols is 2. The van der Waals surface area contributed by atoms with Gasteiger partial charge in [0.2, 0.25) is 0 Å². The van der Waals surface area contributed by atoms with Gasteiger partial charge in [-0.2, -0.15) is 0 Å². The summed E-state index contributed by atoms with van der Waals surface area (Å²) in [4.78, 5) is 5.04. The molecule has 214 valence electrons. The molecule has 0 bridgehead atoms. The Balaban J connectivity index is 1.02. The largest absolute Gasteiger partial charge is 0.508 e. The fourth-order valence-electron chi connectivity index (χ4n) is 5.89. The summed E-state index contributed by atoms with van der Waals surface area (Å²) in [5.41, 5.74) is 5.88. The van der Waals surface area contributed by atoms with Crippen LogP contribution >= 0.6 is 0 Å². The van der Waals surface area contributed by atoms with Gasteiger partial charge < -0.3 is 19.8 Å². The molecule has 0 spiro atoms. The number of hydrogen-bond acceptors (Lipinski definition) is 5. The van der Waals surface area contributed by atoms with E-state index >= 15 is 0 Å². The summed E-state index contributed by atoms with van der Waals surface area (Å²) in [5.74, 6) is 1.41. The molecule has 1 fully saturated rings. The van der Waals surface area contributed by atoms with Gasteiger partial charge in [0.1, 0.15) is 17.2 Å². The Morgan fingerprint density at radius 2 is 1.40 bits per heavy atom. The van der Waals surface area contributed by atoms with E-state index < -0.39 is 0 Å². The van der Waals surface area contributed by atoms with Crippen LogP contribution in [-0.4, -0.2) is 54.4 Å². The molecule has 5 heteroatoms. The van der Waals surface area contributed by atoms with E-state index in [2.05, 4.69) is 70.5 Å². The normalized spacial score (nSPS) is 13.9. The Hall–Kier alpha value is -4.48. The molecule has 1 aliphatic heterocycles. The van der Waals surface area contributed by atoms with E-state index in [4.69, 9.17) is 4.74 Å². The van der Waals surface area contributed by atoms with Gasteiger partial charge in [-0.05, 0) is 107 Å². The third kappa shape index (κ3) is 6.69. The Kier molecular flexibility index (Phi) is 8.57. The van der Waals surface area contributed by atoms with Gasteiger partial charge in [0.05, 0.1) is 6.61 Å². The maximum Gasteiger partial charge on any atom is 0.119 e. The monoisotopic (exact) mass is 558 g/mol. The molecule has 1 heterocycles. The van der Waals surface area contributed by atoms with Crippen molar-refractivity contribution in [3.8, 4) is 28.4 Å². The Morgan fingerprint density at radius 1 is 0.667 bits per heavy atom. The van der Waals surface area contributed by atoms with Crippen LogP contribution in [0.4, 0.5) is 5.69 Å². The molecule has 42 heavy (non-hydrogen) atoms. The summed E-state index contributed by atoms with van der Waals surface area (Å²) in [6.07, 6.45) is 2.93. The summed E-state index contributed by atoms with van der Waals surface area (Å²) in [6.45, 7) is 6.25. The zero-order chi connectivity index (χ0) is 28.7. The molecule has 0 atom stereocenters. The minimum atomic E-state index is 0.253. The third-order valence-electron chi connectivity index (χ3n) is 8.23. The Labute approximate surface area is 248 Å². The number of para-hydroxylation sites is 1. The van der Waals surface area contributed by atoms with Crippen molar-refractivity contribution in [1.29, 1.82) is 0 Å². The Bertz CT molecular complexity index is 1590. The summed E-state index contributed by atoms with van der Waals surface area (Å²) >= 11 is 0. The van der Waals surface area contributed by atoms with Crippen molar-refractivity contribution < 1.29 is 14.9 Å². The van der Waals surface area contributed by atoms with Crippen LogP contribution in [0.3, 0.4) is 0 Å². The van der Waals surface area contributed by atoms with Crippen LogP contribution in [0.2, 0.25) is 0 Å². The minimum absolute atomic E-state index is 0.253. The third-order valence-corrected chi connectivity index (χ3v) is 8.23. The van der Waals surface area contributed by atoms with E-state index in [9.17, 15) is 10.2 Å². The predicted molar refractivity (Wildman–Crippen MR) is 172 cm³/mol. The lowest BCUT2D eigenvalue weighted by Gasteiger charge is -2.36. The molecule has 6 rings (SSSR count). The van der Waals surface area contributed by atoms with Gasteiger partial charge in [0, 0.05) is 31.9 Å². The van der Waals surface area contributed by atoms with Crippen molar-refractivity contribution in [2.75, 3.05) is 44.2 Å². The number of fused-ring (bicyclic) bond motifs is 1. The summed E-state index contributed by atoms with van der Waals surface area (Å²) in [7, 11) is 0. The van der Waals surface area contributed by atoms with Crippen molar-refractivity contribution >= 4 is 16.5 Å². The van der Waals surface area contributed by atoms with Crippen molar-refractivity contribution in [3.05, 3.63) is 120 Å². The molecule has 0 amide bonds. The van der Waals surface area contributed by atoms with Gasteiger partial charge in [0.15, 0.2) is 0 Å². The van der Waals surface area contributed by atoms with Crippen LogP contribution in [0, 0.1) is 0 Å². The van der Waals surface area contributed by atoms with Crippen molar-refractivity contribution in [1.82, 2.24) is 4.90 Å². The van der Waals surface area contributed by atoms with Gasteiger partial charge >= 0.3 is 0 Å². The number of hydrogen-bond donors (Lipinski definition) is 2. The van der Waals surface area contributed by atoms with Gasteiger partial charge in [-0.1, -0.05) is 60.7 Å². The SMILES string of the molecule is Oc1ccc(-c2ccc3cc(O)ccc3c2Cc2ccc(OCCCCN3CCN(c4ccccc4)CC3)cc2)cc1. The number of anilines is 1. The zero-order valence-electron chi connectivity index (χ0n) is 24.0. The Morgan fingerprint density at radius 3 is 2.17 bits per heavy atom. The number of phenolic OH excluding ortho intramolecular Hbond substituents is 2. The lowest BCUT2D eigenvalue weighted by atomic mass is 9.90. The van der Waals surface area contributed by atoms with E-state index in [-0.39, 0.29) is 11.5 Å². The van der Waals surface area contributed by atoms with Crippen LogP contribution in [0.15, 0.2) is 109 Å². The maximum atomic E-state index is 10.0. The minimum Gasteiger partial charge on any atom is -0.508 e. The molecule has 1 aliphatic rings. The van der Waals surface area contributed by atoms with E-state index in [1.165, 1.54) is 16.8 Å². The molecule has 5 aromatic rings. The first kappa shape index (κ1) is 27.7. The van der Waals surface area contributed by atoms with E-state index in [0.717, 1.165) is 86.2 Å². The molecule has 5 aromatic carbocycles. The van der Waals surface area contributed by atoms with E-state index in [1.54, 1.807) is 24.3 Å². The average Bonchev–Trinajstić information content (AvgIpc) is 3.03. The average molecular weight is 559 g/mol. The van der Waals surface area contributed by atoms with Crippen LogP contribution in [0.5, 0.6) is 17.2 Å². The van der Waals surface area contributed by atoms with Gasteiger partial charge in [-0.3, -0.25) is 4.90 Å². The highest BCUT2D eigenvalue weighted by Gasteiger charge is 2.16. The second-order valence-corrected chi connectivity index (χ2v) is 11.1. The molecule has 1 saturated heterocycles. The summed E-state index contributed by atoms with van der Waals surface area (Å²) in [5, 5.41) is 21.9. The maximum absolute atomic E-state index is 10.0. The number of nitrogens with zero attached hydrogens (tertiary/aromatic N) is 2. The first-order chi connectivity index (χ1) is 20.6. The first-order valence-corrected chi connectivity index (χ1v) is 14.9. The molecule has 0 aromatic heterocycles. The summed E-state index contributed by atoms with van der Waals surface area (Å²) in [6, 6.07) is 36.1. The van der Waals surface area contributed by atoms with Gasteiger partial charge in [-0.25, -0.2) is 0 Å². The van der Waals surface area contributed by atoms with Crippen LogP contribution < -0.4 is 9.64 Å². The fraction of sp³-hybridized carbons (Fsp3) is 0.243. The molecular weight excluding hydrogens is 520 g/mol. The van der Waals surface area contributed by atoms with Crippen LogP contribution in [-0.2, 0) is 6.42 Å². The molecule has 2 N–H and O–H groups in total. The van der Waals surface area contributed by atoms with Crippen LogP contribution in [0.1, 0.15) is 24.0 Å². The predicted octanol–water partition coefficient (Wildman–Crippen LogP) is 7.49. The molecule has 0 unspecified atom stereocenters. The van der Waals surface area contributed by atoms with E-state index in [1.807, 2.05) is 24.3 Å². The lowest BCUT2D eigenvalue weighted by molar-refractivity contribution is 0.238.